The summed E-state index contributed by atoms with van der Waals surface area (Å²) in [6.45, 7) is 9.62. The van der Waals surface area contributed by atoms with Gasteiger partial charge in [-0.15, -0.1) is 0 Å². The monoisotopic (exact) mass is 369 g/mol. The zero-order valence-electron chi connectivity index (χ0n) is 16.5. The molecule has 1 aromatic heterocycles. The number of carbonyl (C=O) groups excluding carboxylic acids is 1. The molecule has 0 radical (unpaired) electrons. The molecule has 2 fully saturated rings. The van der Waals surface area contributed by atoms with Gasteiger partial charge in [0, 0.05) is 31.2 Å². The molecular formula is C21H27N3O3. The van der Waals surface area contributed by atoms with Gasteiger partial charge in [-0.2, -0.15) is 0 Å². The van der Waals surface area contributed by atoms with E-state index in [1.165, 1.54) is 0 Å². The van der Waals surface area contributed by atoms with E-state index in [0.29, 0.717) is 18.2 Å². The van der Waals surface area contributed by atoms with Crippen LogP contribution in [0, 0.1) is 13.8 Å². The minimum Gasteiger partial charge on any atom is -0.462 e. The summed E-state index contributed by atoms with van der Waals surface area (Å²) in [7, 11) is 2.15. The van der Waals surface area contributed by atoms with Crippen LogP contribution in [0.15, 0.2) is 18.3 Å². The fourth-order valence-corrected chi connectivity index (χ4v) is 4.39. The molecule has 2 unspecified atom stereocenters. The quantitative estimate of drug-likeness (QED) is 0.775. The lowest BCUT2D eigenvalue weighted by atomic mass is 10.0. The van der Waals surface area contributed by atoms with Crippen molar-refractivity contribution in [3.05, 3.63) is 35.0 Å². The molecule has 2 aliphatic rings. The molecule has 0 N–H and O–H groups in total. The lowest BCUT2D eigenvalue weighted by molar-refractivity contribution is -0.0362. The predicted molar refractivity (Wildman–Crippen MR) is 106 cm³/mol. The first-order valence-corrected chi connectivity index (χ1v) is 9.63. The number of aromatic nitrogens is 1. The number of carbonyl (C=O) groups is 1. The Morgan fingerprint density at radius 2 is 2.15 bits per heavy atom. The normalized spacial score (nSPS) is 22.9. The van der Waals surface area contributed by atoms with Crippen molar-refractivity contribution >= 4 is 22.6 Å². The maximum atomic E-state index is 12.7. The predicted octanol–water partition coefficient (Wildman–Crippen LogP) is 2.55. The molecule has 3 heterocycles. The second kappa shape index (κ2) is 7.09. The first-order chi connectivity index (χ1) is 13.0. The Morgan fingerprint density at radius 3 is 2.89 bits per heavy atom. The summed E-state index contributed by atoms with van der Waals surface area (Å²) in [5, 5.41) is 1.01. The van der Waals surface area contributed by atoms with Gasteiger partial charge in [-0.3, -0.25) is 9.88 Å². The summed E-state index contributed by atoms with van der Waals surface area (Å²) in [6.07, 6.45) is 1.83. The van der Waals surface area contributed by atoms with Crippen LogP contribution in [0.3, 0.4) is 0 Å². The molecule has 2 aromatic rings. The summed E-state index contributed by atoms with van der Waals surface area (Å²) in [4.78, 5) is 21.9. The number of ether oxygens (including phenoxy) is 2. The van der Waals surface area contributed by atoms with Gasteiger partial charge in [-0.25, -0.2) is 4.79 Å². The minimum atomic E-state index is -0.315. The number of anilines is 1. The molecule has 0 bridgehead atoms. The van der Waals surface area contributed by atoms with Gasteiger partial charge >= 0.3 is 5.97 Å². The van der Waals surface area contributed by atoms with Crippen LogP contribution >= 0.6 is 0 Å². The van der Waals surface area contributed by atoms with Crippen LogP contribution < -0.4 is 4.90 Å². The summed E-state index contributed by atoms with van der Waals surface area (Å²) >= 11 is 0. The standard InChI is InChI=1S/C21H27N3O3/c1-5-26-21(25)16-10-22-19-14(3)8-13(2)9-15(19)20(16)24-11-17-18(12-24)27-7-6-23(17)4/h8-10,17-18H,5-7,11-12H2,1-4H3. The molecule has 2 atom stereocenters. The number of likely N-dealkylation sites (N-methyl/N-ethyl adjacent to an activating group) is 1. The molecule has 6 nitrogen and oxygen atoms in total. The van der Waals surface area contributed by atoms with Crippen LogP contribution in [-0.4, -0.2) is 67.9 Å². The minimum absolute atomic E-state index is 0.160. The molecule has 2 saturated heterocycles. The highest BCUT2D eigenvalue weighted by Gasteiger charge is 2.40. The van der Waals surface area contributed by atoms with E-state index in [1.807, 2.05) is 6.92 Å². The molecular weight excluding hydrogens is 342 g/mol. The van der Waals surface area contributed by atoms with Crippen molar-refractivity contribution in [3.8, 4) is 0 Å². The number of esters is 1. The van der Waals surface area contributed by atoms with E-state index in [2.05, 4.69) is 47.8 Å². The Labute approximate surface area is 160 Å². The molecule has 1 aromatic carbocycles. The average molecular weight is 369 g/mol. The third-order valence-electron chi connectivity index (χ3n) is 5.67. The zero-order chi connectivity index (χ0) is 19.1. The highest BCUT2D eigenvalue weighted by Crippen LogP contribution is 2.36. The lowest BCUT2D eigenvalue weighted by Crippen LogP contribution is -2.48. The van der Waals surface area contributed by atoms with Crippen LogP contribution in [0.1, 0.15) is 28.4 Å². The average Bonchev–Trinajstić information content (AvgIpc) is 3.06. The van der Waals surface area contributed by atoms with Crippen LogP contribution in [-0.2, 0) is 9.47 Å². The fourth-order valence-electron chi connectivity index (χ4n) is 4.39. The number of pyridine rings is 1. The van der Waals surface area contributed by atoms with E-state index in [4.69, 9.17) is 9.47 Å². The number of fused-ring (bicyclic) bond motifs is 2. The third-order valence-corrected chi connectivity index (χ3v) is 5.67. The van der Waals surface area contributed by atoms with Gasteiger partial charge in [0.2, 0.25) is 0 Å². The van der Waals surface area contributed by atoms with Crippen molar-refractivity contribution in [1.82, 2.24) is 9.88 Å². The van der Waals surface area contributed by atoms with E-state index in [1.54, 1.807) is 6.20 Å². The van der Waals surface area contributed by atoms with Gasteiger partial charge < -0.3 is 14.4 Å². The van der Waals surface area contributed by atoms with E-state index >= 15 is 0 Å². The van der Waals surface area contributed by atoms with Gasteiger partial charge in [0.05, 0.1) is 36.6 Å². The maximum absolute atomic E-state index is 12.7. The molecule has 144 valence electrons. The van der Waals surface area contributed by atoms with Gasteiger partial charge in [0.1, 0.15) is 5.56 Å². The molecule has 0 spiro atoms. The van der Waals surface area contributed by atoms with Crippen molar-refractivity contribution in [1.29, 1.82) is 0 Å². The number of hydrogen-bond acceptors (Lipinski definition) is 6. The maximum Gasteiger partial charge on any atom is 0.341 e. The smallest absolute Gasteiger partial charge is 0.341 e. The molecule has 0 amide bonds. The Morgan fingerprint density at radius 1 is 1.33 bits per heavy atom. The Balaban J connectivity index is 1.86. The van der Waals surface area contributed by atoms with Crippen molar-refractivity contribution in [2.75, 3.05) is 44.8 Å². The summed E-state index contributed by atoms with van der Waals surface area (Å²) in [5.74, 6) is -0.315. The summed E-state index contributed by atoms with van der Waals surface area (Å²) < 4.78 is 11.3. The Hall–Kier alpha value is -2.18. The molecule has 0 aliphatic carbocycles. The highest BCUT2D eigenvalue weighted by molar-refractivity contribution is 6.06. The molecule has 27 heavy (non-hydrogen) atoms. The van der Waals surface area contributed by atoms with Crippen LogP contribution in [0.5, 0.6) is 0 Å². The second-order valence-corrected chi connectivity index (χ2v) is 7.58. The van der Waals surface area contributed by atoms with Gasteiger partial charge in [0.25, 0.3) is 0 Å². The summed E-state index contributed by atoms with van der Waals surface area (Å²) in [5.41, 5.74) is 4.68. The summed E-state index contributed by atoms with van der Waals surface area (Å²) in [6, 6.07) is 4.59. The first-order valence-electron chi connectivity index (χ1n) is 9.63. The third kappa shape index (κ3) is 3.17. The number of rotatable bonds is 3. The SMILES string of the molecule is CCOC(=O)c1cnc2c(C)cc(C)cc2c1N1CC2OCCN(C)C2C1. The van der Waals surface area contributed by atoms with Crippen LogP contribution in [0.25, 0.3) is 10.9 Å². The number of nitrogens with zero attached hydrogens (tertiary/aromatic N) is 3. The molecule has 0 saturated carbocycles. The van der Waals surface area contributed by atoms with Crippen LogP contribution in [0.2, 0.25) is 0 Å². The van der Waals surface area contributed by atoms with E-state index in [-0.39, 0.29) is 12.1 Å². The van der Waals surface area contributed by atoms with E-state index in [0.717, 1.165) is 54.0 Å². The first kappa shape index (κ1) is 18.2. The van der Waals surface area contributed by atoms with Crippen molar-refractivity contribution < 1.29 is 14.3 Å². The second-order valence-electron chi connectivity index (χ2n) is 7.58. The topological polar surface area (TPSA) is 54.9 Å². The van der Waals surface area contributed by atoms with Crippen molar-refractivity contribution in [2.24, 2.45) is 0 Å². The largest absolute Gasteiger partial charge is 0.462 e. The Kier molecular flexibility index (Phi) is 4.78. The van der Waals surface area contributed by atoms with Gasteiger partial charge in [0.15, 0.2) is 0 Å². The lowest BCUT2D eigenvalue weighted by Gasteiger charge is -2.33. The number of aryl methyl sites for hydroxylation is 2. The molecule has 2 aliphatic heterocycles. The molecule has 4 rings (SSSR count). The van der Waals surface area contributed by atoms with Gasteiger partial charge in [-0.05, 0) is 39.4 Å². The van der Waals surface area contributed by atoms with Gasteiger partial charge in [-0.1, -0.05) is 11.6 Å². The zero-order valence-corrected chi connectivity index (χ0v) is 16.5. The van der Waals surface area contributed by atoms with Crippen molar-refractivity contribution in [2.45, 2.75) is 32.9 Å². The van der Waals surface area contributed by atoms with Crippen LogP contribution in [0.4, 0.5) is 5.69 Å². The molecule has 6 heteroatoms. The number of morpholine rings is 1. The van der Waals surface area contributed by atoms with E-state index < -0.39 is 0 Å². The number of hydrogen-bond donors (Lipinski definition) is 0. The number of benzene rings is 1. The fraction of sp³-hybridized carbons (Fsp3) is 0.524. The Bertz CT molecular complexity index is 883. The van der Waals surface area contributed by atoms with E-state index in [9.17, 15) is 4.79 Å². The van der Waals surface area contributed by atoms with Crippen molar-refractivity contribution in [3.63, 3.8) is 0 Å². The highest BCUT2D eigenvalue weighted by atomic mass is 16.5.